The fourth-order valence-corrected chi connectivity index (χ4v) is 2.87. The fraction of sp³-hybridized carbons (Fsp3) is 0.474. The molecule has 0 fully saturated rings. The first-order valence-electron chi connectivity index (χ1n) is 9.25. The highest BCUT2D eigenvalue weighted by Gasteiger charge is 2.18. The summed E-state index contributed by atoms with van der Waals surface area (Å²) in [4.78, 5) is 12.3. The van der Waals surface area contributed by atoms with Crippen molar-refractivity contribution in [3.8, 4) is 5.88 Å². The van der Waals surface area contributed by atoms with Crippen molar-refractivity contribution < 1.29 is 4.74 Å². The summed E-state index contributed by atoms with van der Waals surface area (Å²) in [5.74, 6) is 0.897. The van der Waals surface area contributed by atoms with Gasteiger partial charge in [0.2, 0.25) is 5.88 Å². The van der Waals surface area contributed by atoms with Gasteiger partial charge in [0, 0.05) is 57.6 Å². The second-order valence-corrected chi connectivity index (χ2v) is 7.19. The van der Waals surface area contributed by atoms with Gasteiger partial charge in [0.05, 0.1) is 18.5 Å². The summed E-state index contributed by atoms with van der Waals surface area (Å²) in [5, 5.41) is 15.9. The summed E-state index contributed by atoms with van der Waals surface area (Å²) < 4.78 is 10.7. The lowest BCUT2D eigenvalue weighted by molar-refractivity contribution is 0.227. The molecule has 3 rings (SSSR count). The Labute approximate surface area is 163 Å². The van der Waals surface area contributed by atoms with Crippen molar-refractivity contribution in [3.63, 3.8) is 0 Å². The fourth-order valence-electron chi connectivity index (χ4n) is 2.87. The Morgan fingerprint density at radius 1 is 1.18 bits per heavy atom. The van der Waals surface area contributed by atoms with Crippen LogP contribution in [-0.2, 0) is 27.7 Å². The van der Waals surface area contributed by atoms with Crippen LogP contribution < -0.4 is 15.6 Å². The molecule has 1 unspecified atom stereocenters. The maximum atomic E-state index is 12.3. The summed E-state index contributed by atoms with van der Waals surface area (Å²) in [5.41, 5.74) is 2.26. The molecular formula is C19H27N7O2. The van der Waals surface area contributed by atoms with Gasteiger partial charge in [-0.2, -0.15) is 10.2 Å². The molecule has 0 amide bonds. The molecule has 1 N–H and O–H groups in total. The van der Waals surface area contributed by atoms with Crippen molar-refractivity contribution in [2.24, 2.45) is 27.1 Å². The first-order chi connectivity index (χ1) is 13.3. The molecule has 2 atom stereocenters. The van der Waals surface area contributed by atoms with E-state index in [4.69, 9.17) is 4.74 Å². The molecule has 0 aromatic carbocycles. The van der Waals surface area contributed by atoms with E-state index in [9.17, 15) is 4.79 Å². The Kier molecular flexibility index (Phi) is 5.81. The zero-order valence-corrected chi connectivity index (χ0v) is 17.0. The summed E-state index contributed by atoms with van der Waals surface area (Å²) in [6, 6.07) is 3.67. The van der Waals surface area contributed by atoms with E-state index in [2.05, 4.69) is 34.5 Å². The smallest absolute Gasteiger partial charge is 0.290 e. The molecule has 150 valence electrons. The lowest BCUT2D eigenvalue weighted by atomic mass is 9.94. The number of anilines is 1. The van der Waals surface area contributed by atoms with Crippen molar-refractivity contribution in [1.82, 2.24) is 29.3 Å². The van der Waals surface area contributed by atoms with Crippen LogP contribution in [0.4, 0.5) is 5.69 Å². The molecule has 9 heteroatoms. The van der Waals surface area contributed by atoms with Crippen LogP contribution >= 0.6 is 0 Å². The van der Waals surface area contributed by atoms with E-state index in [0.717, 1.165) is 11.3 Å². The Bertz CT molecular complexity index is 988. The molecule has 0 radical (unpaired) electrons. The third kappa shape index (κ3) is 4.59. The molecule has 0 bridgehead atoms. The molecule has 3 aromatic rings. The average Bonchev–Trinajstić information content (AvgIpc) is 3.28. The predicted molar refractivity (Wildman–Crippen MR) is 106 cm³/mol. The van der Waals surface area contributed by atoms with E-state index in [1.54, 1.807) is 28.7 Å². The Morgan fingerprint density at radius 3 is 2.61 bits per heavy atom. The summed E-state index contributed by atoms with van der Waals surface area (Å²) >= 11 is 0. The van der Waals surface area contributed by atoms with Crippen molar-refractivity contribution in [3.05, 3.63) is 52.3 Å². The van der Waals surface area contributed by atoms with E-state index in [1.165, 1.54) is 4.68 Å². The van der Waals surface area contributed by atoms with Gasteiger partial charge >= 0.3 is 0 Å². The highest BCUT2D eigenvalue weighted by Crippen LogP contribution is 2.23. The molecule has 0 saturated carbocycles. The van der Waals surface area contributed by atoms with Crippen LogP contribution in [0, 0.1) is 5.92 Å². The Hall–Kier alpha value is -3.10. The van der Waals surface area contributed by atoms with E-state index in [1.807, 2.05) is 32.6 Å². The second-order valence-electron chi connectivity index (χ2n) is 7.19. The quantitative estimate of drug-likeness (QED) is 0.634. The number of nitrogens with zero attached hydrogens (tertiary/aromatic N) is 6. The van der Waals surface area contributed by atoms with Crippen LogP contribution in [0.5, 0.6) is 5.88 Å². The van der Waals surface area contributed by atoms with Crippen LogP contribution in [0.25, 0.3) is 0 Å². The molecule has 0 saturated heterocycles. The largest absolute Gasteiger partial charge is 0.476 e. The van der Waals surface area contributed by atoms with Gasteiger partial charge in [0.1, 0.15) is 5.69 Å². The van der Waals surface area contributed by atoms with Crippen LogP contribution in [0.3, 0.4) is 0 Å². The summed E-state index contributed by atoms with van der Waals surface area (Å²) in [7, 11) is 5.38. The Morgan fingerprint density at radius 2 is 1.96 bits per heavy atom. The molecule has 0 aliphatic heterocycles. The molecule has 3 heterocycles. The SMILES string of the molecule is CC(COc1cc(NCc2cnn(C)c2)c(=O)n(C)n1)[C@H](C)c1ccn(C)n1. The minimum Gasteiger partial charge on any atom is -0.476 e. The van der Waals surface area contributed by atoms with Crippen molar-refractivity contribution in [2.45, 2.75) is 26.3 Å². The van der Waals surface area contributed by atoms with E-state index in [-0.39, 0.29) is 17.4 Å². The molecule has 3 aromatic heterocycles. The highest BCUT2D eigenvalue weighted by molar-refractivity contribution is 5.43. The van der Waals surface area contributed by atoms with Crippen molar-refractivity contribution in [2.75, 3.05) is 11.9 Å². The van der Waals surface area contributed by atoms with Gasteiger partial charge in [-0.15, -0.1) is 5.10 Å². The predicted octanol–water partition coefficient (Wildman–Crippen LogP) is 1.68. The number of hydrogen-bond donors (Lipinski definition) is 1. The zero-order chi connectivity index (χ0) is 20.3. The zero-order valence-electron chi connectivity index (χ0n) is 17.0. The van der Waals surface area contributed by atoms with Gasteiger partial charge in [-0.1, -0.05) is 13.8 Å². The van der Waals surface area contributed by atoms with E-state index in [0.29, 0.717) is 24.7 Å². The normalized spacial score (nSPS) is 13.3. The molecule has 0 aliphatic carbocycles. The maximum Gasteiger partial charge on any atom is 0.290 e. The molecule has 0 spiro atoms. The number of ether oxygens (including phenoxy) is 1. The van der Waals surface area contributed by atoms with Crippen LogP contribution in [0.15, 0.2) is 35.5 Å². The molecule has 28 heavy (non-hydrogen) atoms. The van der Waals surface area contributed by atoms with Crippen molar-refractivity contribution >= 4 is 5.69 Å². The minimum absolute atomic E-state index is 0.203. The van der Waals surface area contributed by atoms with Gasteiger partial charge in [0.25, 0.3) is 5.56 Å². The number of aromatic nitrogens is 6. The average molecular weight is 385 g/mol. The number of hydrogen-bond acceptors (Lipinski definition) is 6. The third-order valence-electron chi connectivity index (χ3n) is 4.83. The first-order valence-corrected chi connectivity index (χ1v) is 9.25. The molecule has 0 aliphatic rings. The highest BCUT2D eigenvalue weighted by atomic mass is 16.5. The van der Waals surface area contributed by atoms with Crippen LogP contribution in [0.1, 0.15) is 31.0 Å². The topological polar surface area (TPSA) is 91.8 Å². The summed E-state index contributed by atoms with van der Waals surface area (Å²) in [6.45, 7) is 5.22. The van der Waals surface area contributed by atoms with Crippen LogP contribution in [0.2, 0.25) is 0 Å². The minimum atomic E-state index is -0.203. The van der Waals surface area contributed by atoms with Gasteiger partial charge < -0.3 is 10.1 Å². The van der Waals surface area contributed by atoms with Crippen LogP contribution in [-0.4, -0.2) is 35.9 Å². The lowest BCUT2D eigenvalue weighted by Crippen LogP contribution is -2.24. The molecule has 9 nitrogen and oxygen atoms in total. The number of aryl methyl sites for hydroxylation is 3. The maximum absolute atomic E-state index is 12.3. The van der Waals surface area contributed by atoms with Gasteiger partial charge in [0.15, 0.2) is 0 Å². The number of rotatable bonds is 8. The number of nitrogens with one attached hydrogen (secondary N) is 1. The second kappa shape index (κ2) is 8.28. The first kappa shape index (κ1) is 19.7. The lowest BCUT2D eigenvalue weighted by Gasteiger charge is -2.18. The van der Waals surface area contributed by atoms with E-state index < -0.39 is 0 Å². The van der Waals surface area contributed by atoms with Gasteiger partial charge in [-0.3, -0.25) is 14.2 Å². The summed E-state index contributed by atoms with van der Waals surface area (Å²) in [6.07, 6.45) is 5.60. The van der Waals surface area contributed by atoms with Gasteiger partial charge in [-0.25, -0.2) is 4.68 Å². The Balaban J connectivity index is 1.65. The third-order valence-corrected chi connectivity index (χ3v) is 4.83. The van der Waals surface area contributed by atoms with E-state index >= 15 is 0 Å². The standard InChI is InChI=1S/C19H27N7O2/c1-13(14(2)16-6-7-24(3)22-16)12-28-18-8-17(19(27)26(5)23-18)20-9-15-10-21-25(4)11-15/h6-8,10-11,13-14,20H,9,12H2,1-5H3/t13?,14-/m0/s1. The van der Waals surface area contributed by atoms with Crippen molar-refractivity contribution in [1.29, 1.82) is 0 Å². The van der Waals surface area contributed by atoms with Gasteiger partial charge in [-0.05, 0) is 12.0 Å². The monoisotopic (exact) mass is 385 g/mol. The molecular weight excluding hydrogens is 358 g/mol.